The van der Waals surface area contributed by atoms with Crippen molar-refractivity contribution >= 4 is 10.0 Å². The molecule has 5 nitrogen and oxygen atoms in total. The Morgan fingerprint density at radius 2 is 2.31 bits per heavy atom. The lowest BCUT2D eigenvalue weighted by Crippen LogP contribution is -2.22. The van der Waals surface area contributed by atoms with Crippen LogP contribution < -0.4 is 4.72 Å². The lowest BCUT2D eigenvalue weighted by molar-refractivity contribution is 0.567. The quantitative estimate of drug-likeness (QED) is 0.732. The minimum atomic E-state index is -3.42. The molecule has 73 valence electrons. The van der Waals surface area contributed by atoms with Crippen molar-refractivity contribution in [1.82, 2.24) is 14.5 Å². The largest absolute Gasteiger partial charge is 0.257 e. The first-order chi connectivity index (χ1) is 6.03. The second kappa shape index (κ2) is 3.47. The zero-order chi connectivity index (χ0) is 10.1. The molecule has 1 aromatic heterocycles. The van der Waals surface area contributed by atoms with Crippen LogP contribution in [0.25, 0.3) is 0 Å². The van der Waals surface area contributed by atoms with Crippen LogP contribution in [0, 0.1) is 6.92 Å². The summed E-state index contributed by atoms with van der Waals surface area (Å²) in [4.78, 5) is 0. The van der Waals surface area contributed by atoms with Crippen LogP contribution in [0.4, 0.5) is 0 Å². The number of hydrogen-bond donors (Lipinski definition) is 1. The van der Waals surface area contributed by atoms with Crippen molar-refractivity contribution in [3.8, 4) is 0 Å². The second-order valence-corrected chi connectivity index (χ2v) is 4.36. The average molecular weight is 202 g/mol. The molecule has 0 saturated carbocycles. The first-order valence-corrected chi connectivity index (χ1v) is 5.25. The number of aromatic nitrogens is 2. The predicted octanol–water partition coefficient (Wildman–Crippen LogP) is -0.295. The third-order valence-corrected chi connectivity index (χ3v) is 3.32. The summed E-state index contributed by atoms with van der Waals surface area (Å²) in [7, 11) is -0.461. The van der Waals surface area contributed by atoms with Gasteiger partial charge in [0.25, 0.3) is 10.0 Å². The first kappa shape index (κ1) is 10.2. The van der Waals surface area contributed by atoms with Crippen LogP contribution >= 0.6 is 0 Å². The van der Waals surface area contributed by atoms with E-state index in [1.165, 1.54) is 17.9 Å². The minimum Gasteiger partial charge on any atom is -0.256 e. The Balaban J connectivity index is 3.35. The molecule has 1 rings (SSSR count). The van der Waals surface area contributed by atoms with Gasteiger partial charge in [-0.05, 0) is 20.4 Å². The van der Waals surface area contributed by atoms with E-state index >= 15 is 0 Å². The minimum absolute atomic E-state index is 0.185. The molecule has 0 unspecified atom stereocenters. The topological polar surface area (TPSA) is 64.0 Å². The van der Waals surface area contributed by atoms with Gasteiger partial charge in [0.2, 0.25) is 0 Å². The van der Waals surface area contributed by atoms with E-state index in [9.17, 15) is 8.42 Å². The lowest BCUT2D eigenvalue weighted by atomic mass is 10.3. The van der Waals surface area contributed by atoms with Crippen LogP contribution in [0.1, 0.15) is 5.56 Å². The van der Waals surface area contributed by atoms with Gasteiger partial charge in [-0.3, -0.25) is 4.68 Å². The van der Waals surface area contributed by atoms with Crippen molar-refractivity contribution in [3.05, 3.63) is 18.7 Å². The maximum absolute atomic E-state index is 11.5. The molecule has 0 saturated heterocycles. The van der Waals surface area contributed by atoms with Crippen LogP contribution in [0.15, 0.2) is 11.2 Å². The van der Waals surface area contributed by atoms with E-state index in [-0.39, 0.29) is 5.03 Å². The summed E-state index contributed by atoms with van der Waals surface area (Å²) >= 11 is 0. The second-order valence-electron chi connectivity index (χ2n) is 2.56. The fourth-order valence-electron chi connectivity index (χ4n) is 1.09. The Morgan fingerprint density at radius 3 is 2.77 bits per heavy atom. The van der Waals surface area contributed by atoms with Crippen molar-refractivity contribution in [2.24, 2.45) is 7.05 Å². The zero-order valence-corrected chi connectivity index (χ0v) is 8.43. The summed E-state index contributed by atoms with van der Waals surface area (Å²) in [5, 5.41) is 4.04. The molecule has 0 amide bonds. The molecule has 0 fully saturated rings. The van der Waals surface area contributed by atoms with Crippen molar-refractivity contribution in [2.75, 3.05) is 7.05 Å². The van der Waals surface area contributed by atoms with Gasteiger partial charge < -0.3 is 0 Å². The predicted molar refractivity (Wildman–Crippen MR) is 48.5 cm³/mol. The zero-order valence-electron chi connectivity index (χ0n) is 7.61. The van der Waals surface area contributed by atoms with Crippen LogP contribution in [0.3, 0.4) is 0 Å². The molecule has 0 bridgehead atoms. The Labute approximate surface area is 77.8 Å². The smallest absolute Gasteiger partial charge is 0.256 e. The standard InChI is InChI=1S/C7H12N3O2S/c1-4-6-5-9-10(3)7(6)13(11,12)8-2/h5,8H,1,4H2,2-3H3. The summed E-state index contributed by atoms with van der Waals surface area (Å²) in [5.41, 5.74) is 0.622. The highest BCUT2D eigenvalue weighted by Gasteiger charge is 2.20. The molecule has 1 radical (unpaired) electrons. The lowest BCUT2D eigenvalue weighted by Gasteiger charge is -2.04. The van der Waals surface area contributed by atoms with E-state index < -0.39 is 10.0 Å². The number of hydrogen-bond acceptors (Lipinski definition) is 3. The van der Waals surface area contributed by atoms with Gasteiger partial charge in [0.1, 0.15) is 0 Å². The van der Waals surface area contributed by atoms with E-state index in [0.29, 0.717) is 12.0 Å². The number of sulfonamides is 1. The first-order valence-electron chi connectivity index (χ1n) is 3.76. The van der Waals surface area contributed by atoms with Crippen LogP contribution in [-0.4, -0.2) is 25.2 Å². The fourth-order valence-corrected chi connectivity index (χ4v) is 2.17. The Kier molecular flexibility index (Phi) is 2.72. The highest BCUT2D eigenvalue weighted by Crippen LogP contribution is 2.13. The Morgan fingerprint density at radius 1 is 1.69 bits per heavy atom. The van der Waals surface area contributed by atoms with Crippen molar-refractivity contribution in [2.45, 2.75) is 11.4 Å². The van der Waals surface area contributed by atoms with E-state index in [0.717, 1.165) is 0 Å². The monoisotopic (exact) mass is 202 g/mol. The SMILES string of the molecule is [CH2]Cc1cnn(C)c1S(=O)(=O)NC. The van der Waals surface area contributed by atoms with Crippen LogP contribution in [-0.2, 0) is 23.5 Å². The third-order valence-electron chi connectivity index (χ3n) is 1.75. The van der Waals surface area contributed by atoms with Crippen LogP contribution in [0.2, 0.25) is 0 Å². The van der Waals surface area contributed by atoms with E-state index in [1.807, 2.05) is 0 Å². The molecule has 0 spiro atoms. The molecule has 0 aliphatic carbocycles. The van der Waals surface area contributed by atoms with Gasteiger partial charge in [-0.25, -0.2) is 13.1 Å². The normalized spacial score (nSPS) is 11.9. The number of rotatable bonds is 3. The van der Waals surface area contributed by atoms with Gasteiger partial charge in [0.15, 0.2) is 5.03 Å². The van der Waals surface area contributed by atoms with Gasteiger partial charge >= 0.3 is 0 Å². The highest BCUT2D eigenvalue weighted by molar-refractivity contribution is 7.89. The van der Waals surface area contributed by atoms with Gasteiger partial charge in [0, 0.05) is 12.6 Å². The van der Waals surface area contributed by atoms with E-state index in [2.05, 4.69) is 16.7 Å². The van der Waals surface area contributed by atoms with Gasteiger partial charge in [-0.15, -0.1) is 0 Å². The van der Waals surface area contributed by atoms with Crippen molar-refractivity contribution in [1.29, 1.82) is 0 Å². The van der Waals surface area contributed by atoms with Gasteiger partial charge in [-0.1, -0.05) is 0 Å². The molecule has 0 aliphatic heterocycles. The number of nitrogens with zero attached hydrogens (tertiary/aromatic N) is 2. The summed E-state index contributed by atoms with van der Waals surface area (Å²) in [5.74, 6) is 0. The number of nitrogens with one attached hydrogen (secondary N) is 1. The molecule has 0 atom stereocenters. The third kappa shape index (κ3) is 1.73. The van der Waals surface area contributed by atoms with Crippen molar-refractivity contribution in [3.63, 3.8) is 0 Å². The molecule has 1 heterocycles. The van der Waals surface area contributed by atoms with Gasteiger partial charge in [-0.2, -0.15) is 5.10 Å². The molecule has 0 aromatic carbocycles. The maximum atomic E-state index is 11.5. The molecular formula is C7H12N3O2S. The molecule has 13 heavy (non-hydrogen) atoms. The molecule has 6 heteroatoms. The average Bonchev–Trinajstić information content (AvgIpc) is 2.47. The number of aryl methyl sites for hydroxylation is 1. The molecule has 0 aliphatic rings. The summed E-state index contributed by atoms with van der Waals surface area (Å²) in [6.07, 6.45) is 1.92. The maximum Gasteiger partial charge on any atom is 0.257 e. The summed E-state index contributed by atoms with van der Waals surface area (Å²) in [6.45, 7) is 3.63. The molecule has 1 N–H and O–H groups in total. The van der Waals surface area contributed by atoms with Gasteiger partial charge in [0.05, 0.1) is 6.20 Å². The van der Waals surface area contributed by atoms with Crippen molar-refractivity contribution < 1.29 is 8.42 Å². The Bertz CT molecular complexity index is 394. The summed E-state index contributed by atoms with van der Waals surface area (Å²) < 4.78 is 26.5. The van der Waals surface area contributed by atoms with E-state index in [1.54, 1.807) is 7.05 Å². The summed E-state index contributed by atoms with van der Waals surface area (Å²) in [6, 6.07) is 0. The highest BCUT2D eigenvalue weighted by atomic mass is 32.2. The van der Waals surface area contributed by atoms with Crippen LogP contribution in [0.5, 0.6) is 0 Å². The fraction of sp³-hybridized carbons (Fsp3) is 0.429. The van der Waals surface area contributed by atoms with E-state index in [4.69, 9.17) is 0 Å². The molecule has 1 aromatic rings. The molecular weight excluding hydrogens is 190 g/mol. The Hall–Kier alpha value is -0.880.